The second kappa shape index (κ2) is 6.45. The molecule has 0 spiro atoms. The molecule has 1 fully saturated rings. The topological polar surface area (TPSA) is 35.5 Å². The van der Waals surface area contributed by atoms with Crippen molar-refractivity contribution in [3.8, 4) is 0 Å². The van der Waals surface area contributed by atoms with Crippen molar-refractivity contribution in [2.45, 2.75) is 0 Å². The van der Waals surface area contributed by atoms with Gasteiger partial charge in [0.2, 0.25) is 0 Å². The average molecular weight is 314 g/mol. The lowest BCUT2D eigenvalue weighted by Crippen LogP contribution is -2.48. The van der Waals surface area contributed by atoms with Gasteiger partial charge in [-0.15, -0.1) is 0 Å². The zero-order chi connectivity index (χ0) is 13.0. The third kappa shape index (κ3) is 3.90. The fraction of sp³-hybridized carbons (Fsp3) is 0.667. The van der Waals surface area contributed by atoms with E-state index in [0.717, 1.165) is 49.7 Å². The molecule has 5 nitrogen and oxygen atoms in total. The van der Waals surface area contributed by atoms with Gasteiger partial charge in [-0.3, -0.25) is 4.90 Å². The fourth-order valence-electron chi connectivity index (χ4n) is 2.01. The standard InChI is InChI=1S/C12H20BrN5/c1-16(2)3-4-17-5-7-18(8-6-17)12-10-14-11(13)9-15-12/h9-10H,3-8H2,1-2H3. The van der Waals surface area contributed by atoms with E-state index in [0.29, 0.717) is 0 Å². The molecule has 0 bridgehead atoms. The van der Waals surface area contributed by atoms with Gasteiger partial charge >= 0.3 is 0 Å². The number of likely N-dealkylation sites (N-methyl/N-ethyl adjacent to an activating group) is 1. The molecule has 1 saturated heterocycles. The van der Waals surface area contributed by atoms with Crippen LogP contribution in [0.2, 0.25) is 0 Å². The highest BCUT2D eigenvalue weighted by molar-refractivity contribution is 9.10. The highest BCUT2D eigenvalue weighted by atomic mass is 79.9. The number of halogens is 1. The molecule has 18 heavy (non-hydrogen) atoms. The Morgan fingerprint density at radius 1 is 1.17 bits per heavy atom. The maximum atomic E-state index is 4.39. The van der Waals surface area contributed by atoms with Crippen molar-refractivity contribution in [1.82, 2.24) is 19.8 Å². The van der Waals surface area contributed by atoms with E-state index in [1.54, 1.807) is 6.20 Å². The summed E-state index contributed by atoms with van der Waals surface area (Å²) in [5.41, 5.74) is 0. The Balaban J connectivity index is 1.81. The van der Waals surface area contributed by atoms with E-state index < -0.39 is 0 Å². The highest BCUT2D eigenvalue weighted by Gasteiger charge is 2.17. The van der Waals surface area contributed by atoms with Crippen LogP contribution in [0.5, 0.6) is 0 Å². The van der Waals surface area contributed by atoms with Crippen molar-refractivity contribution < 1.29 is 0 Å². The number of hydrogen-bond donors (Lipinski definition) is 0. The Hall–Kier alpha value is -0.720. The van der Waals surface area contributed by atoms with Crippen LogP contribution in [0, 0.1) is 0 Å². The zero-order valence-electron chi connectivity index (χ0n) is 11.0. The number of hydrogen-bond acceptors (Lipinski definition) is 5. The van der Waals surface area contributed by atoms with Gasteiger partial charge < -0.3 is 9.80 Å². The first kappa shape index (κ1) is 13.7. The minimum atomic E-state index is 0.788. The molecule has 0 aliphatic carbocycles. The minimum Gasteiger partial charge on any atom is -0.353 e. The molecule has 0 saturated carbocycles. The largest absolute Gasteiger partial charge is 0.353 e. The second-order valence-electron chi connectivity index (χ2n) is 4.83. The van der Waals surface area contributed by atoms with Gasteiger partial charge in [0, 0.05) is 39.3 Å². The zero-order valence-corrected chi connectivity index (χ0v) is 12.6. The Morgan fingerprint density at radius 2 is 1.89 bits per heavy atom. The van der Waals surface area contributed by atoms with Gasteiger partial charge in [-0.25, -0.2) is 9.97 Å². The predicted octanol–water partition coefficient (Wildman–Crippen LogP) is 0.923. The summed E-state index contributed by atoms with van der Waals surface area (Å²) in [6.07, 6.45) is 3.59. The van der Waals surface area contributed by atoms with Crippen LogP contribution >= 0.6 is 15.9 Å². The van der Waals surface area contributed by atoms with Gasteiger partial charge in [0.25, 0.3) is 0 Å². The Labute approximate surface area is 117 Å². The Morgan fingerprint density at radius 3 is 2.44 bits per heavy atom. The lowest BCUT2D eigenvalue weighted by Gasteiger charge is -2.35. The van der Waals surface area contributed by atoms with Gasteiger partial charge in [-0.05, 0) is 30.0 Å². The number of nitrogens with zero attached hydrogens (tertiary/aromatic N) is 5. The highest BCUT2D eigenvalue weighted by Crippen LogP contribution is 2.13. The summed E-state index contributed by atoms with van der Waals surface area (Å²) in [7, 11) is 4.24. The first-order valence-electron chi connectivity index (χ1n) is 6.25. The van der Waals surface area contributed by atoms with Crippen LogP contribution in [-0.4, -0.2) is 73.1 Å². The number of piperazine rings is 1. The van der Waals surface area contributed by atoms with Gasteiger partial charge in [-0.2, -0.15) is 0 Å². The number of anilines is 1. The van der Waals surface area contributed by atoms with Crippen LogP contribution < -0.4 is 4.90 Å². The second-order valence-corrected chi connectivity index (χ2v) is 5.64. The maximum Gasteiger partial charge on any atom is 0.147 e. The Bertz CT molecular complexity index is 359. The monoisotopic (exact) mass is 313 g/mol. The molecule has 0 atom stereocenters. The molecule has 1 aliphatic rings. The van der Waals surface area contributed by atoms with Crippen molar-refractivity contribution in [3.05, 3.63) is 17.0 Å². The summed E-state index contributed by atoms with van der Waals surface area (Å²) in [4.78, 5) is 15.6. The van der Waals surface area contributed by atoms with Crippen molar-refractivity contribution in [1.29, 1.82) is 0 Å². The van der Waals surface area contributed by atoms with Gasteiger partial charge in [0.05, 0.1) is 12.4 Å². The van der Waals surface area contributed by atoms with E-state index in [2.05, 4.69) is 54.7 Å². The molecule has 1 aliphatic heterocycles. The first-order chi connectivity index (χ1) is 8.65. The summed E-state index contributed by atoms with van der Waals surface area (Å²) < 4.78 is 0.788. The molecule has 0 aromatic carbocycles. The van der Waals surface area contributed by atoms with Crippen molar-refractivity contribution in [2.24, 2.45) is 0 Å². The molecule has 2 heterocycles. The van der Waals surface area contributed by atoms with Crippen LogP contribution in [0.3, 0.4) is 0 Å². The normalized spacial score (nSPS) is 17.4. The SMILES string of the molecule is CN(C)CCN1CCN(c2cnc(Br)cn2)CC1. The van der Waals surface area contributed by atoms with E-state index in [1.165, 1.54) is 0 Å². The Kier molecular flexibility index (Phi) is 4.91. The molecule has 0 amide bonds. The van der Waals surface area contributed by atoms with Crippen molar-refractivity contribution in [3.63, 3.8) is 0 Å². The third-order valence-corrected chi connectivity index (χ3v) is 3.58. The van der Waals surface area contributed by atoms with Crippen LogP contribution in [-0.2, 0) is 0 Å². The molecule has 2 rings (SSSR count). The maximum absolute atomic E-state index is 4.39. The van der Waals surface area contributed by atoms with E-state index in [4.69, 9.17) is 0 Å². The van der Waals surface area contributed by atoms with E-state index in [1.807, 2.05) is 6.20 Å². The lowest BCUT2D eigenvalue weighted by molar-refractivity contribution is 0.229. The summed E-state index contributed by atoms with van der Waals surface area (Å²) in [5, 5.41) is 0. The van der Waals surface area contributed by atoms with Gasteiger partial charge in [0.15, 0.2) is 0 Å². The lowest BCUT2D eigenvalue weighted by atomic mass is 10.3. The predicted molar refractivity (Wildman–Crippen MR) is 76.9 cm³/mol. The van der Waals surface area contributed by atoms with Crippen LogP contribution in [0.15, 0.2) is 17.0 Å². The van der Waals surface area contributed by atoms with Gasteiger partial charge in [0.1, 0.15) is 10.4 Å². The fourth-order valence-corrected chi connectivity index (χ4v) is 2.22. The van der Waals surface area contributed by atoms with Crippen molar-refractivity contribution in [2.75, 3.05) is 58.3 Å². The molecular weight excluding hydrogens is 294 g/mol. The van der Waals surface area contributed by atoms with E-state index in [-0.39, 0.29) is 0 Å². The molecule has 1 aromatic heterocycles. The van der Waals surface area contributed by atoms with E-state index >= 15 is 0 Å². The van der Waals surface area contributed by atoms with Crippen LogP contribution in [0.1, 0.15) is 0 Å². The smallest absolute Gasteiger partial charge is 0.147 e. The van der Waals surface area contributed by atoms with Crippen LogP contribution in [0.25, 0.3) is 0 Å². The molecule has 0 N–H and O–H groups in total. The quantitative estimate of drug-likeness (QED) is 0.826. The molecule has 0 unspecified atom stereocenters. The molecular formula is C12H20BrN5. The average Bonchev–Trinajstić information content (AvgIpc) is 2.38. The summed E-state index contributed by atoms with van der Waals surface area (Å²) in [6, 6.07) is 0. The molecule has 6 heteroatoms. The number of rotatable bonds is 4. The molecule has 0 radical (unpaired) electrons. The molecule has 1 aromatic rings. The van der Waals surface area contributed by atoms with Crippen molar-refractivity contribution >= 4 is 21.7 Å². The van der Waals surface area contributed by atoms with Gasteiger partial charge in [-0.1, -0.05) is 0 Å². The first-order valence-corrected chi connectivity index (χ1v) is 7.04. The molecule has 100 valence electrons. The summed E-state index contributed by atoms with van der Waals surface area (Å²) >= 11 is 3.31. The summed E-state index contributed by atoms with van der Waals surface area (Å²) in [6.45, 7) is 6.54. The third-order valence-electron chi connectivity index (χ3n) is 3.17. The summed E-state index contributed by atoms with van der Waals surface area (Å²) in [5.74, 6) is 0.977. The van der Waals surface area contributed by atoms with E-state index in [9.17, 15) is 0 Å². The minimum absolute atomic E-state index is 0.788. The number of aromatic nitrogens is 2. The van der Waals surface area contributed by atoms with Crippen LogP contribution in [0.4, 0.5) is 5.82 Å².